The maximum atomic E-state index is 12.1. The van der Waals surface area contributed by atoms with Crippen molar-refractivity contribution in [2.75, 3.05) is 13.2 Å². The van der Waals surface area contributed by atoms with Crippen molar-refractivity contribution in [2.45, 2.75) is 13.3 Å². The second-order valence-corrected chi connectivity index (χ2v) is 6.18. The molecule has 0 atom stereocenters. The number of carbonyl (C=O) groups excluding carboxylic acids is 1. The van der Waals surface area contributed by atoms with Crippen LogP contribution in [0.3, 0.4) is 0 Å². The molecule has 3 heteroatoms. The van der Waals surface area contributed by atoms with E-state index >= 15 is 0 Å². The van der Waals surface area contributed by atoms with Crippen LogP contribution in [0.5, 0.6) is 5.75 Å². The molecule has 0 fully saturated rings. The van der Waals surface area contributed by atoms with Gasteiger partial charge in [-0.3, -0.25) is 4.79 Å². The minimum atomic E-state index is -0.110. The number of ether oxygens (including phenoxy) is 1. The van der Waals surface area contributed by atoms with Gasteiger partial charge in [-0.2, -0.15) is 0 Å². The average molecular weight is 345 g/mol. The standard InChI is InChI=1S/C23H23NO2/c1-18-9-5-6-10-19(18)15-16-24-23(25)17-26-22-14-8-7-13-21(22)20-11-3-2-4-12-20/h2-14H,15-17H2,1H3,(H,24,25). The predicted octanol–water partition coefficient (Wildman–Crippen LogP) is 4.40. The number of amides is 1. The first-order chi connectivity index (χ1) is 12.7. The van der Waals surface area contributed by atoms with Crippen LogP contribution in [0.25, 0.3) is 11.1 Å². The zero-order valence-corrected chi connectivity index (χ0v) is 14.9. The molecule has 0 aliphatic heterocycles. The topological polar surface area (TPSA) is 38.3 Å². The predicted molar refractivity (Wildman–Crippen MR) is 105 cm³/mol. The minimum absolute atomic E-state index is 0.0115. The second kappa shape index (κ2) is 8.86. The van der Waals surface area contributed by atoms with Crippen LogP contribution in [0.15, 0.2) is 78.9 Å². The Balaban J connectivity index is 1.53. The van der Waals surface area contributed by atoms with E-state index in [1.54, 1.807) is 0 Å². The molecule has 0 aromatic heterocycles. The lowest BCUT2D eigenvalue weighted by atomic mass is 10.1. The molecule has 3 aromatic rings. The molecule has 0 heterocycles. The third-order valence-corrected chi connectivity index (χ3v) is 4.31. The second-order valence-electron chi connectivity index (χ2n) is 6.18. The molecule has 1 amide bonds. The van der Waals surface area contributed by atoms with Gasteiger partial charge in [0.05, 0.1) is 0 Å². The molecule has 0 spiro atoms. The lowest BCUT2D eigenvalue weighted by Crippen LogP contribution is -2.30. The monoisotopic (exact) mass is 345 g/mol. The van der Waals surface area contributed by atoms with Crippen molar-refractivity contribution in [2.24, 2.45) is 0 Å². The van der Waals surface area contributed by atoms with Gasteiger partial charge < -0.3 is 10.1 Å². The first-order valence-electron chi connectivity index (χ1n) is 8.82. The highest BCUT2D eigenvalue weighted by Crippen LogP contribution is 2.29. The molecule has 132 valence electrons. The van der Waals surface area contributed by atoms with E-state index in [4.69, 9.17) is 4.74 Å². The molecule has 0 unspecified atom stereocenters. The van der Waals surface area contributed by atoms with Crippen molar-refractivity contribution in [3.8, 4) is 16.9 Å². The van der Waals surface area contributed by atoms with Crippen LogP contribution < -0.4 is 10.1 Å². The summed E-state index contributed by atoms with van der Waals surface area (Å²) in [6, 6.07) is 26.0. The van der Waals surface area contributed by atoms with Crippen LogP contribution in [-0.4, -0.2) is 19.1 Å². The van der Waals surface area contributed by atoms with Gasteiger partial charge in [0, 0.05) is 12.1 Å². The number of carbonyl (C=O) groups is 1. The van der Waals surface area contributed by atoms with Gasteiger partial charge >= 0.3 is 0 Å². The van der Waals surface area contributed by atoms with Gasteiger partial charge in [0.2, 0.25) is 0 Å². The van der Waals surface area contributed by atoms with E-state index in [-0.39, 0.29) is 12.5 Å². The van der Waals surface area contributed by atoms with Gasteiger partial charge in [0.25, 0.3) is 5.91 Å². The van der Waals surface area contributed by atoms with Crippen LogP contribution in [0.4, 0.5) is 0 Å². The van der Waals surface area contributed by atoms with Crippen LogP contribution in [0, 0.1) is 6.92 Å². The van der Waals surface area contributed by atoms with E-state index in [9.17, 15) is 4.79 Å². The smallest absolute Gasteiger partial charge is 0.257 e. The van der Waals surface area contributed by atoms with E-state index in [0.29, 0.717) is 12.3 Å². The van der Waals surface area contributed by atoms with Gasteiger partial charge in [-0.15, -0.1) is 0 Å². The zero-order chi connectivity index (χ0) is 18.2. The van der Waals surface area contributed by atoms with Crippen molar-refractivity contribution in [1.82, 2.24) is 5.32 Å². The molecule has 1 N–H and O–H groups in total. The lowest BCUT2D eigenvalue weighted by molar-refractivity contribution is -0.123. The molecular weight excluding hydrogens is 322 g/mol. The number of hydrogen-bond acceptors (Lipinski definition) is 2. The number of nitrogens with one attached hydrogen (secondary N) is 1. The SMILES string of the molecule is Cc1ccccc1CCNC(=O)COc1ccccc1-c1ccccc1. The van der Waals surface area contributed by atoms with Crippen LogP contribution in [0.2, 0.25) is 0 Å². The first-order valence-corrected chi connectivity index (χ1v) is 8.82. The zero-order valence-electron chi connectivity index (χ0n) is 14.9. The van der Waals surface area contributed by atoms with E-state index in [1.807, 2.05) is 66.7 Å². The summed E-state index contributed by atoms with van der Waals surface area (Å²) in [6.45, 7) is 2.70. The quantitative estimate of drug-likeness (QED) is 0.689. The summed E-state index contributed by atoms with van der Waals surface area (Å²) in [6.07, 6.45) is 0.818. The van der Waals surface area contributed by atoms with Gasteiger partial charge in [0.15, 0.2) is 6.61 Å². The Hall–Kier alpha value is -3.07. The van der Waals surface area contributed by atoms with E-state index < -0.39 is 0 Å². The van der Waals surface area contributed by atoms with Crippen LogP contribution in [0.1, 0.15) is 11.1 Å². The molecule has 0 aliphatic carbocycles. The van der Waals surface area contributed by atoms with Crippen molar-refractivity contribution in [1.29, 1.82) is 0 Å². The molecule has 3 nitrogen and oxygen atoms in total. The number of benzene rings is 3. The molecule has 0 saturated carbocycles. The van der Waals surface area contributed by atoms with Crippen molar-refractivity contribution >= 4 is 5.91 Å². The molecular formula is C23H23NO2. The molecule has 0 bridgehead atoms. The van der Waals surface area contributed by atoms with Gasteiger partial charge in [0.1, 0.15) is 5.75 Å². The van der Waals surface area contributed by atoms with Gasteiger partial charge in [-0.25, -0.2) is 0 Å². The fourth-order valence-electron chi connectivity index (χ4n) is 2.87. The van der Waals surface area contributed by atoms with Crippen molar-refractivity contribution < 1.29 is 9.53 Å². The summed E-state index contributed by atoms with van der Waals surface area (Å²) in [4.78, 5) is 12.1. The Labute approximate surface area is 154 Å². The first kappa shape index (κ1) is 17.7. The Morgan fingerprint density at radius 3 is 2.38 bits per heavy atom. The van der Waals surface area contributed by atoms with Gasteiger partial charge in [-0.1, -0.05) is 72.8 Å². The molecule has 3 rings (SSSR count). The normalized spacial score (nSPS) is 10.3. The molecule has 3 aromatic carbocycles. The fourth-order valence-corrected chi connectivity index (χ4v) is 2.87. The van der Waals surface area contributed by atoms with E-state index in [2.05, 4.69) is 24.4 Å². The van der Waals surface area contributed by atoms with E-state index in [0.717, 1.165) is 17.5 Å². The number of hydrogen-bond donors (Lipinski definition) is 1. The van der Waals surface area contributed by atoms with Crippen molar-refractivity contribution in [3.05, 3.63) is 90.0 Å². The minimum Gasteiger partial charge on any atom is -0.483 e. The Morgan fingerprint density at radius 2 is 1.58 bits per heavy atom. The highest BCUT2D eigenvalue weighted by atomic mass is 16.5. The number of rotatable bonds is 7. The molecule has 0 radical (unpaired) electrons. The maximum Gasteiger partial charge on any atom is 0.257 e. The molecule has 26 heavy (non-hydrogen) atoms. The third-order valence-electron chi connectivity index (χ3n) is 4.31. The lowest BCUT2D eigenvalue weighted by Gasteiger charge is -2.12. The fraction of sp³-hybridized carbons (Fsp3) is 0.174. The Morgan fingerprint density at radius 1 is 0.885 bits per heavy atom. The molecule has 0 saturated heterocycles. The van der Waals surface area contributed by atoms with Crippen molar-refractivity contribution in [3.63, 3.8) is 0 Å². The summed E-state index contributed by atoms with van der Waals surface area (Å²) >= 11 is 0. The van der Waals surface area contributed by atoms with Crippen LogP contribution in [-0.2, 0) is 11.2 Å². The third kappa shape index (κ3) is 4.73. The average Bonchev–Trinajstić information content (AvgIpc) is 2.69. The summed E-state index contributed by atoms with van der Waals surface area (Å²) in [5, 5.41) is 2.92. The Bertz CT molecular complexity index is 859. The highest BCUT2D eigenvalue weighted by molar-refractivity contribution is 5.78. The largest absolute Gasteiger partial charge is 0.483 e. The highest BCUT2D eigenvalue weighted by Gasteiger charge is 2.08. The van der Waals surface area contributed by atoms with E-state index in [1.165, 1.54) is 11.1 Å². The van der Waals surface area contributed by atoms with Gasteiger partial charge in [-0.05, 0) is 36.1 Å². The van der Waals surface area contributed by atoms with Crippen LogP contribution >= 0.6 is 0 Å². The maximum absolute atomic E-state index is 12.1. The Kier molecular flexibility index (Phi) is 6.05. The summed E-state index contributed by atoms with van der Waals surface area (Å²) < 4.78 is 5.77. The summed E-state index contributed by atoms with van der Waals surface area (Å²) in [5.74, 6) is 0.606. The molecule has 0 aliphatic rings. The summed E-state index contributed by atoms with van der Waals surface area (Å²) in [5.41, 5.74) is 4.56. The summed E-state index contributed by atoms with van der Waals surface area (Å²) in [7, 11) is 0. The number of para-hydroxylation sites is 1. The number of aryl methyl sites for hydroxylation is 1.